The van der Waals surface area contributed by atoms with Crippen LogP contribution in [0.5, 0.6) is 5.88 Å². The molecule has 0 fully saturated rings. The maximum Gasteiger partial charge on any atom is 0.229 e. The highest BCUT2D eigenvalue weighted by molar-refractivity contribution is 6.05. The van der Waals surface area contributed by atoms with Crippen LogP contribution in [0, 0.1) is 0 Å². The van der Waals surface area contributed by atoms with Crippen LogP contribution in [0.1, 0.15) is 30.6 Å². The van der Waals surface area contributed by atoms with E-state index in [0.717, 1.165) is 11.3 Å². The lowest BCUT2D eigenvalue weighted by molar-refractivity contribution is 0.0580. The highest BCUT2D eigenvalue weighted by atomic mass is 16.5. The van der Waals surface area contributed by atoms with Crippen molar-refractivity contribution in [1.29, 1.82) is 0 Å². The summed E-state index contributed by atoms with van der Waals surface area (Å²) in [6.45, 7) is 3.86. The maximum absolute atomic E-state index is 12.8. The summed E-state index contributed by atoms with van der Waals surface area (Å²) in [5.74, 6) is 0.601. The minimum Gasteiger partial charge on any atom is -0.471 e. The average Bonchev–Trinajstić information content (AvgIpc) is 2.95. The molecular weight excluding hydrogens is 300 g/mol. The van der Waals surface area contributed by atoms with E-state index in [-0.39, 0.29) is 5.78 Å². The Morgan fingerprint density at radius 1 is 1.00 bits per heavy atom. The first-order valence-corrected chi connectivity index (χ1v) is 8.01. The Morgan fingerprint density at radius 2 is 1.62 bits per heavy atom. The fraction of sp³-hybridized carbons (Fsp3) is 0.200. The van der Waals surface area contributed by atoms with Crippen molar-refractivity contribution in [3.8, 4) is 22.8 Å². The number of nitrogens with zero attached hydrogens (tertiary/aromatic N) is 2. The number of rotatable bonds is 2. The molecule has 120 valence electrons. The van der Waals surface area contributed by atoms with E-state index in [1.165, 1.54) is 0 Å². The number of benzene rings is 2. The molecule has 0 spiro atoms. The van der Waals surface area contributed by atoms with Crippen molar-refractivity contribution < 1.29 is 9.53 Å². The summed E-state index contributed by atoms with van der Waals surface area (Å²) in [6.07, 6.45) is 0.348. The van der Waals surface area contributed by atoms with Gasteiger partial charge in [-0.15, -0.1) is 0 Å². The van der Waals surface area contributed by atoms with Gasteiger partial charge in [0.05, 0.1) is 12.1 Å². The van der Waals surface area contributed by atoms with Gasteiger partial charge < -0.3 is 4.74 Å². The molecule has 4 nitrogen and oxygen atoms in total. The van der Waals surface area contributed by atoms with E-state index in [2.05, 4.69) is 0 Å². The lowest BCUT2D eigenvalue weighted by Gasteiger charge is -2.30. The van der Waals surface area contributed by atoms with Crippen LogP contribution in [0.4, 0.5) is 0 Å². The average molecular weight is 318 g/mol. The highest BCUT2D eigenvalue weighted by Crippen LogP contribution is 2.40. The van der Waals surface area contributed by atoms with Gasteiger partial charge in [-0.3, -0.25) is 4.79 Å². The zero-order chi connectivity index (χ0) is 16.7. The highest BCUT2D eigenvalue weighted by Gasteiger charge is 2.38. The third-order valence-corrected chi connectivity index (χ3v) is 4.13. The van der Waals surface area contributed by atoms with Crippen LogP contribution in [-0.2, 0) is 0 Å². The number of Topliss-reactive ketones (excluding diaryl/α,β-unsaturated/α-hetero) is 1. The maximum atomic E-state index is 12.8. The molecule has 1 aromatic heterocycles. The van der Waals surface area contributed by atoms with Crippen molar-refractivity contribution >= 4 is 5.78 Å². The minimum atomic E-state index is -0.537. The lowest BCUT2D eigenvalue weighted by atomic mass is 9.93. The molecule has 0 atom stereocenters. The first-order valence-electron chi connectivity index (χ1n) is 8.01. The van der Waals surface area contributed by atoms with Gasteiger partial charge in [0.15, 0.2) is 5.78 Å². The first-order chi connectivity index (χ1) is 11.6. The van der Waals surface area contributed by atoms with Gasteiger partial charge >= 0.3 is 0 Å². The van der Waals surface area contributed by atoms with Gasteiger partial charge in [-0.1, -0.05) is 48.5 Å². The topological polar surface area (TPSA) is 44.1 Å². The Hall–Kier alpha value is -2.88. The van der Waals surface area contributed by atoms with Crippen molar-refractivity contribution in [2.24, 2.45) is 0 Å². The molecule has 0 bridgehead atoms. The van der Waals surface area contributed by atoms with E-state index >= 15 is 0 Å². The molecule has 0 saturated carbocycles. The smallest absolute Gasteiger partial charge is 0.229 e. The third-order valence-electron chi connectivity index (χ3n) is 4.13. The Balaban J connectivity index is 1.98. The van der Waals surface area contributed by atoms with Crippen LogP contribution < -0.4 is 4.74 Å². The molecule has 0 aliphatic carbocycles. The van der Waals surface area contributed by atoms with Crippen molar-refractivity contribution in [2.45, 2.75) is 25.9 Å². The van der Waals surface area contributed by atoms with Crippen molar-refractivity contribution in [3.63, 3.8) is 0 Å². The Kier molecular flexibility index (Phi) is 3.27. The number of carbonyl (C=O) groups is 1. The summed E-state index contributed by atoms with van der Waals surface area (Å²) in [4.78, 5) is 12.8. The number of fused-ring (bicyclic) bond motifs is 1. The number of hydrogen-bond acceptors (Lipinski definition) is 3. The molecule has 4 heteroatoms. The number of ether oxygens (including phenoxy) is 1. The normalized spacial score (nSPS) is 15.7. The van der Waals surface area contributed by atoms with E-state index in [4.69, 9.17) is 9.84 Å². The molecule has 0 N–H and O–H groups in total. The van der Waals surface area contributed by atoms with Crippen molar-refractivity contribution in [1.82, 2.24) is 9.78 Å². The molecule has 2 heterocycles. The third kappa shape index (κ3) is 2.40. The summed E-state index contributed by atoms with van der Waals surface area (Å²) in [6, 6.07) is 19.5. The molecule has 0 amide bonds. The Bertz CT molecular complexity index is 896. The predicted molar refractivity (Wildman–Crippen MR) is 92.7 cm³/mol. The second-order valence-corrected chi connectivity index (χ2v) is 6.60. The summed E-state index contributed by atoms with van der Waals surface area (Å²) in [7, 11) is 0. The number of para-hydroxylation sites is 1. The SMILES string of the molecule is CC1(C)CC(=O)c2c(-c3ccccc3)nn(-c3ccccc3)c2O1. The largest absolute Gasteiger partial charge is 0.471 e. The molecule has 0 saturated heterocycles. The number of aromatic nitrogens is 2. The Labute approximate surface area is 140 Å². The summed E-state index contributed by atoms with van der Waals surface area (Å²) in [5.41, 5.74) is 2.51. The summed E-state index contributed by atoms with van der Waals surface area (Å²) >= 11 is 0. The van der Waals surface area contributed by atoms with Gasteiger partial charge in [-0.25, -0.2) is 0 Å². The van der Waals surface area contributed by atoms with Crippen LogP contribution in [0.25, 0.3) is 16.9 Å². The first kappa shape index (κ1) is 14.7. The molecule has 0 unspecified atom stereocenters. The molecule has 4 rings (SSSR count). The molecule has 1 aliphatic rings. The molecule has 1 aliphatic heterocycles. The van der Waals surface area contributed by atoms with Crippen molar-refractivity contribution in [3.05, 3.63) is 66.2 Å². The minimum absolute atomic E-state index is 0.0716. The molecule has 2 aromatic carbocycles. The van der Waals surface area contributed by atoms with Crippen LogP contribution in [-0.4, -0.2) is 21.2 Å². The van der Waals surface area contributed by atoms with Crippen LogP contribution >= 0.6 is 0 Å². The van der Waals surface area contributed by atoms with E-state index in [0.29, 0.717) is 23.6 Å². The zero-order valence-corrected chi connectivity index (χ0v) is 13.7. The predicted octanol–water partition coefficient (Wildman–Crippen LogP) is 4.28. The van der Waals surface area contributed by atoms with Gasteiger partial charge in [0.25, 0.3) is 0 Å². The molecule has 3 aromatic rings. The van der Waals surface area contributed by atoms with Gasteiger partial charge in [-0.2, -0.15) is 9.78 Å². The van der Waals surface area contributed by atoms with E-state index in [1.54, 1.807) is 4.68 Å². The van der Waals surface area contributed by atoms with E-state index in [9.17, 15) is 4.79 Å². The fourth-order valence-corrected chi connectivity index (χ4v) is 3.06. The monoisotopic (exact) mass is 318 g/mol. The number of hydrogen-bond donors (Lipinski definition) is 0. The van der Waals surface area contributed by atoms with Crippen LogP contribution in [0.3, 0.4) is 0 Å². The van der Waals surface area contributed by atoms with E-state index < -0.39 is 5.60 Å². The standard InChI is InChI=1S/C20H18N2O2/c1-20(2)13-16(23)17-18(14-9-5-3-6-10-14)21-22(19(17)24-20)15-11-7-4-8-12-15/h3-12H,13H2,1-2H3. The summed E-state index contributed by atoms with van der Waals surface area (Å²) < 4.78 is 7.89. The molecular formula is C20H18N2O2. The van der Waals surface area contributed by atoms with Crippen molar-refractivity contribution in [2.75, 3.05) is 0 Å². The zero-order valence-electron chi connectivity index (χ0n) is 13.7. The lowest BCUT2D eigenvalue weighted by Crippen LogP contribution is -2.36. The van der Waals surface area contributed by atoms with Crippen LogP contribution in [0.15, 0.2) is 60.7 Å². The van der Waals surface area contributed by atoms with Gasteiger partial charge in [0, 0.05) is 5.56 Å². The molecule has 0 radical (unpaired) electrons. The van der Waals surface area contributed by atoms with Crippen LogP contribution in [0.2, 0.25) is 0 Å². The quantitative estimate of drug-likeness (QED) is 0.708. The second-order valence-electron chi connectivity index (χ2n) is 6.60. The van der Waals surface area contributed by atoms with E-state index in [1.807, 2.05) is 74.5 Å². The van der Waals surface area contributed by atoms with Gasteiger partial charge in [-0.05, 0) is 26.0 Å². The fourth-order valence-electron chi connectivity index (χ4n) is 3.06. The van der Waals surface area contributed by atoms with Gasteiger partial charge in [0.1, 0.15) is 16.9 Å². The Morgan fingerprint density at radius 3 is 2.29 bits per heavy atom. The van der Waals surface area contributed by atoms with Gasteiger partial charge in [0.2, 0.25) is 5.88 Å². The summed E-state index contributed by atoms with van der Waals surface area (Å²) in [5, 5.41) is 4.72. The molecule has 24 heavy (non-hydrogen) atoms. The number of ketones is 1. The second kappa shape index (κ2) is 5.34. The number of carbonyl (C=O) groups excluding carboxylic acids is 1.